The van der Waals surface area contributed by atoms with Crippen molar-refractivity contribution in [1.82, 2.24) is 0 Å². The molecule has 1 nitrogen and oxygen atoms in total. The van der Waals surface area contributed by atoms with Crippen LogP contribution in [0, 0.1) is 11.8 Å². The summed E-state index contributed by atoms with van der Waals surface area (Å²) in [5.74, 6) is 1.42. The normalized spacial score (nSPS) is 15.7. The molecule has 31 heavy (non-hydrogen) atoms. The second-order valence-corrected chi connectivity index (χ2v) is 11.1. The molecule has 0 saturated carbocycles. The van der Waals surface area contributed by atoms with E-state index in [0.717, 1.165) is 0 Å². The van der Waals surface area contributed by atoms with Crippen LogP contribution in [0.1, 0.15) is 105 Å². The van der Waals surface area contributed by atoms with E-state index in [0.29, 0.717) is 11.8 Å². The van der Waals surface area contributed by atoms with Gasteiger partial charge in [0.05, 0.1) is 0 Å². The van der Waals surface area contributed by atoms with Crippen molar-refractivity contribution in [3.05, 3.63) is 59.7 Å². The average Bonchev–Trinajstić information content (AvgIpc) is 2.68. The summed E-state index contributed by atoms with van der Waals surface area (Å²) in [7, 11) is 0. The third-order valence-electron chi connectivity index (χ3n) is 6.77. The minimum Gasteiger partial charge on any atom is -0.356 e. The van der Waals surface area contributed by atoms with Gasteiger partial charge in [0.2, 0.25) is 0 Å². The van der Waals surface area contributed by atoms with Gasteiger partial charge in [-0.05, 0) is 83.7 Å². The monoisotopic (exact) mass is 421 g/mol. The molecule has 2 aromatic carbocycles. The summed E-state index contributed by atoms with van der Waals surface area (Å²) < 4.78 is 0. The first-order valence-corrected chi connectivity index (χ1v) is 12.6. The van der Waals surface area contributed by atoms with Crippen LogP contribution in [0.3, 0.4) is 0 Å². The van der Waals surface area contributed by atoms with Crippen molar-refractivity contribution in [3.63, 3.8) is 0 Å². The summed E-state index contributed by atoms with van der Waals surface area (Å²) in [4.78, 5) is 0. The highest BCUT2D eigenvalue weighted by Gasteiger charge is 2.27. The molecule has 0 saturated heterocycles. The van der Waals surface area contributed by atoms with Gasteiger partial charge in [-0.3, -0.25) is 0 Å². The van der Waals surface area contributed by atoms with Crippen LogP contribution in [0.25, 0.3) is 0 Å². The molecule has 1 heteroatoms. The molecule has 2 rings (SSSR count). The van der Waals surface area contributed by atoms with Gasteiger partial charge in [0.1, 0.15) is 0 Å². The molecule has 0 aliphatic heterocycles. The number of hydrogen-bond donors (Lipinski definition) is 1. The minimum atomic E-state index is 0.267. The van der Waals surface area contributed by atoms with Crippen LogP contribution in [0.2, 0.25) is 0 Å². The van der Waals surface area contributed by atoms with Crippen molar-refractivity contribution in [1.29, 1.82) is 0 Å². The van der Waals surface area contributed by atoms with E-state index >= 15 is 0 Å². The Labute approximate surface area is 193 Å². The zero-order chi connectivity index (χ0) is 23.1. The molecule has 172 valence electrons. The summed E-state index contributed by atoms with van der Waals surface area (Å²) in [6.07, 6.45) is 7.41. The molecule has 0 radical (unpaired) electrons. The summed E-state index contributed by atoms with van der Waals surface area (Å²) >= 11 is 0. The van der Waals surface area contributed by atoms with Gasteiger partial charge in [-0.1, -0.05) is 92.5 Å². The lowest BCUT2D eigenvalue weighted by atomic mass is 9.73. The minimum absolute atomic E-state index is 0.267. The summed E-state index contributed by atoms with van der Waals surface area (Å²) in [6, 6.07) is 18.3. The zero-order valence-electron chi connectivity index (χ0n) is 21.5. The van der Waals surface area contributed by atoms with E-state index in [9.17, 15) is 0 Å². The summed E-state index contributed by atoms with van der Waals surface area (Å²) in [6.45, 7) is 18.8. The van der Waals surface area contributed by atoms with Gasteiger partial charge in [0, 0.05) is 11.4 Å². The van der Waals surface area contributed by atoms with E-state index in [-0.39, 0.29) is 10.8 Å². The Hall–Kier alpha value is -1.76. The molecule has 0 aliphatic rings. The van der Waals surface area contributed by atoms with Gasteiger partial charge < -0.3 is 5.32 Å². The molecule has 2 atom stereocenters. The Morgan fingerprint density at radius 2 is 0.935 bits per heavy atom. The summed E-state index contributed by atoms with van der Waals surface area (Å²) in [5, 5.41) is 3.61. The zero-order valence-corrected chi connectivity index (χ0v) is 21.5. The fourth-order valence-electron chi connectivity index (χ4n) is 5.71. The van der Waals surface area contributed by atoms with Crippen molar-refractivity contribution in [3.8, 4) is 0 Å². The number of anilines is 2. The highest BCUT2D eigenvalue weighted by Crippen LogP contribution is 2.37. The topological polar surface area (TPSA) is 12.0 Å². The lowest BCUT2D eigenvalue weighted by Gasteiger charge is -2.32. The molecule has 0 aliphatic carbocycles. The van der Waals surface area contributed by atoms with E-state index in [1.807, 2.05) is 0 Å². The van der Waals surface area contributed by atoms with E-state index in [4.69, 9.17) is 0 Å². The second kappa shape index (κ2) is 11.2. The Kier molecular flexibility index (Phi) is 9.22. The van der Waals surface area contributed by atoms with Crippen LogP contribution in [0.15, 0.2) is 48.5 Å². The second-order valence-electron chi connectivity index (χ2n) is 11.1. The predicted octanol–water partition coefficient (Wildman–Crippen LogP) is 9.64. The lowest BCUT2D eigenvalue weighted by Crippen LogP contribution is -2.24. The maximum atomic E-state index is 3.61. The highest BCUT2D eigenvalue weighted by molar-refractivity contribution is 5.60. The first kappa shape index (κ1) is 25.5. The molecule has 1 N–H and O–H groups in total. The molecular weight excluding hydrogens is 374 g/mol. The molecule has 0 spiro atoms. The standard InChI is InChI=1S/C30H47N/c1-9-19-29(7,21-23(3)4)25-11-15-27(16-12-25)31-28-17-13-26(14-18-28)30(8,20-10-2)22-24(5)6/h11-18,23-24,31H,9-10,19-22H2,1-8H3. The van der Waals surface area contributed by atoms with Crippen molar-refractivity contribution in [2.75, 3.05) is 5.32 Å². The first-order chi connectivity index (χ1) is 14.6. The van der Waals surface area contributed by atoms with Crippen LogP contribution in [-0.2, 0) is 10.8 Å². The molecule has 0 fully saturated rings. The Morgan fingerprint density at radius 3 is 1.19 bits per heavy atom. The third-order valence-corrected chi connectivity index (χ3v) is 6.77. The van der Waals surface area contributed by atoms with Crippen LogP contribution in [0.4, 0.5) is 11.4 Å². The smallest absolute Gasteiger partial charge is 0.0384 e. The van der Waals surface area contributed by atoms with Gasteiger partial charge in [-0.15, -0.1) is 0 Å². The van der Waals surface area contributed by atoms with Crippen LogP contribution < -0.4 is 5.32 Å². The van der Waals surface area contributed by atoms with Gasteiger partial charge in [0.15, 0.2) is 0 Å². The maximum absolute atomic E-state index is 3.61. The van der Waals surface area contributed by atoms with Gasteiger partial charge in [-0.2, -0.15) is 0 Å². The molecule has 2 aromatic rings. The van der Waals surface area contributed by atoms with Crippen LogP contribution in [-0.4, -0.2) is 0 Å². The number of nitrogens with one attached hydrogen (secondary N) is 1. The van der Waals surface area contributed by atoms with Gasteiger partial charge in [0.25, 0.3) is 0 Å². The lowest BCUT2D eigenvalue weighted by molar-refractivity contribution is 0.342. The number of hydrogen-bond acceptors (Lipinski definition) is 1. The van der Waals surface area contributed by atoms with Crippen LogP contribution >= 0.6 is 0 Å². The fraction of sp³-hybridized carbons (Fsp3) is 0.600. The maximum Gasteiger partial charge on any atom is 0.0384 e. The van der Waals surface area contributed by atoms with E-state index in [2.05, 4.69) is 109 Å². The van der Waals surface area contributed by atoms with Gasteiger partial charge >= 0.3 is 0 Å². The third kappa shape index (κ3) is 7.13. The molecule has 0 heterocycles. The van der Waals surface area contributed by atoms with Crippen molar-refractivity contribution >= 4 is 11.4 Å². The van der Waals surface area contributed by atoms with Gasteiger partial charge in [-0.25, -0.2) is 0 Å². The summed E-state index contributed by atoms with van der Waals surface area (Å²) in [5.41, 5.74) is 5.80. The van der Waals surface area contributed by atoms with Crippen molar-refractivity contribution < 1.29 is 0 Å². The van der Waals surface area contributed by atoms with Crippen molar-refractivity contribution in [2.45, 2.75) is 105 Å². The molecule has 2 unspecified atom stereocenters. The average molecular weight is 422 g/mol. The van der Waals surface area contributed by atoms with Crippen LogP contribution in [0.5, 0.6) is 0 Å². The number of benzene rings is 2. The number of rotatable bonds is 12. The molecule has 0 bridgehead atoms. The predicted molar refractivity (Wildman–Crippen MR) is 140 cm³/mol. The van der Waals surface area contributed by atoms with E-state index in [1.54, 1.807) is 0 Å². The van der Waals surface area contributed by atoms with E-state index in [1.165, 1.54) is 61.0 Å². The van der Waals surface area contributed by atoms with E-state index < -0.39 is 0 Å². The Balaban J connectivity index is 2.14. The fourth-order valence-corrected chi connectivity index (χ4v) is 5.71. The first-order valence-electron chi connectivity index (χ1n) is 12.6. The Bertz CT molecular complexity index is 704. The molecule has 0 amide bonds. The quantitative estimate of drug-likeness (QED) is 0.359. The molecular formula is C30H47N. The Morgan fingerprint density at radius 1 is 0.613 bits per heavy atom. The SMILES string of the molecule is CCCC(C)(CC(C)C)c1ccc(Nc2ccc(C(C)(CCC)CC(C)C)cc2)cc1. The molecule has 0 aromatic heterocycles. The largest absolute Gasteiger partial charge is 0.356 e. The highest BCUT2D eigenvalue weighted by atomic mass is 14.9. The van der Waals surface area contributed by atoms with Crippen molar-refractivity contribution in [2.24, 2.45) is 11.8 Å².